The largest absolute Gasteiger partial charge is 0.497 e. The van der Waals surface area contributed by atoms with Gasteiger partial charge in [0.1, 0.15) is 11.6 Å². The summed E-state index contributed by atoms with van der Waals surface area (Å²) in [6.45, 7) is 1.12. The highest BCUT2D eigenvalue weighted by molar-refractivity contribution is 7.99. The molecule has 1 N–H and O–H groups in total. The molecule has 21 heavy (non-hydrogen) atoms. The fourth-order valence-electron chi connectivity index (χ4n) is 3.11. The third-order valence-corrected chi connectivity index (χ3v) is 5.44. The van der Waals surface area contributed by atoms with E-state index in [9.17, 15) is 0 Å². The lowest BCUT2D eigenvalue weighted by Gasteiger charge is -2.23. The van der Waals surface area contributed by atoms with E-state index in [-0.39, 0.29) is 0 Å². The second kappa shape index (κ2) is 5.54. The lowest BCUT2D eigenvalue weighted by atomic mass is 10.2. The van der Waals surface area contributed by atoms with Crippen LogP contribution in [0.1, 0.15) is 24.7 Å². The molecule has 2 aromatic rings. The summed E-state index contributed by atoms with van der Waals surface area (Å²) in [4.78, 5) is 4.91. The Morgan fingerprint density at radius 1 is 1.43 bits per heavy atom. The Bertz CT molecular complexity index is 644. The highest BCUT2D eigenvalue weighted by Crippen LogP contribution is 2.39. The first-order chi connectivity index (χ1) is 10.3. The standard InChI is InChI=1S/C16H21N3OS/c1-20-13-4-5-15-14(9-13)18-16(19(15)12-2-3-12)8-11-10-21-7-6-17-11/h4-5,9,11-12,17H,2-3,6-8,10H2,1H3. The number of hydrogen-bond acceptors (Lipinski definition) is 4. The normalized spacial score (nSPS) is 22.6. The molecule has 5 heteroatoms. The SMILES string of the molecule is COc1ccc2c(c1)nc(CC1CSCCN1)n2C1CC1. The molecule has 2 fully saturated rings. The molecular weight excluding hydrogens is 282 g/mol. The first-order valence-electron chi connectivity index (χ1n) is 7.71. The van der Waals surface area contributed by atoms with Crippen molar-refractivity contribution >= 4 is 22.8 Å². The minimum absolute atomic E-state index is 0.556. The van der Waals surface area contributed by atoms with Gasteiger partial charge in [-0.1, -0.05) is 0 Å². The van der Waals surface area contributed by atoms with E-state index < -0.39 is 0 Å². The van der Waals surface area contributed by atoms with Crippen LogP contribution in [-0.4, -0.2) is 40.8 Å². The maximum atomic E-state index is 5.33. The maximum Gasteiger partial charge on any atom is 0.121 e. The molecule has 1 aromatic carbocycles. The quantitative estimate of drug-likeness (QED) is 0.942. The number of rotatable bonds is 4. The molecule has 0 radical (unpaired) electrons. The Morgan fingerprint density at radius 3 is 3.05 bits per heavy atom. The number of nitrogens with one attached hydrogen (secondary N) is 1. The molecule has 2 heterocycles. The molecule has 0 spiro atoms. The van der Waals surface area contributed by atoms with Crippen molar-refractivity contribution in [1.29, 1.82) is 0 Å². The van der Waals surface area contributed by atoms with Gasteiger partial charge in [-0.3, -0.25) is 0 Å². The third kappa shape index (κ3) is 2.64. The molecule has 112 valence electrons. The van der Waals surface area contributed by atoms with Crippen LogP contribution in [-0.2, 0) is 6.42 Å². The zero-order chi connectivity index (χ0) is 14.2. The van der Waals surface area contributed by atoms with Crippen molar-refractivity contribution in [2.24, 2.45) is 0 Å². The van der Waals surface area contributed by atoms with Crippen molar-refractivity contribution in [3.05, 3.63) is 24.0 Å². The number of methoxy groups -OCH3 is 1. The van der Waals surface area contributed by atoms with Crippen LogP contribution in [0.4, 0.5) is 0 Å². The van der Waals surface area contributed by atoms with Gasteiger partial charge in [-0.25, -0.2) is 4.98 Å². The summed E-state index contributed by atoms with van der Waals surface area (Å²) in [5.74, 6) is 4.55. The summed E-state index contributed by atoms with van der Waals surface area (Å²) in [5.41, 5.74) is 2.33. The monoisotopic (exact) mass is 303 g/mol. The summed E-state index contributed by atoms with van der Waals surface area (Å²) >= 11 is 2.05. The van der Waals surface area contributed by atoms with Gasteiger partial charge in [0.2, 0.25) is 0 Å². The zero-order valence-electron chi connectivity index (χ0n) is 12.3. The molecule has 4 nitrogen and oxygen atoms in total. The second-order valence-corrected chi connectivity index (χ2v) is 7.06. The maximum absolute atomic E-state index is 5.33. The molecule has 1 atom stereocenters. The Balaban J connectivity index is 1.70. The predicted octanol–water partition coefficient (Wildman–Crippen LogP) is 2.63. The Hall–Kier alpha value is -1.20. The van der Waals surface area contributed by atoms with E-state index in [1.165, 1.54) is 35.7 Å². The highest BCUT2D eigenvalue weighted by Gasteiger charge is 2.29. The third-order valence-electron chi connectivity index (χ3n) is 4.31. The predicted molar refractivity (Wildman–Crippen MR) is 87.4 cm³/mol. The smallest absolute Gasteiger partial charge is 0.121 e. The average molecular weight is 303 g/mol. The van der Waals surface area contributed by atoms with Gasteiger partial charge in [0.15, 0.2) is 0 Å². The van der Waals surface area contributed by atoms with Crippen LogP contribution in [0, 0.1) is 0 Å². The Kier molecular flexibility index (Phi) is 3.55. The van der Waals surface area contributed by atoms with Crippen LogP contribution in [0.25, 0.3) is 11.0 Å². The van der Waals surface area contributed by atoms with Crippen LogP contribution < -0.4 is 10.1 Å². The fraction of sp³-hybridized carbons (Fsp3) is 0.562. The lowest BCUT2D eigenvalue weighted by Crippen LogP contribution is -2.39. The minimum Gasteiger partial charge on any atom is -0.497 e. The lowest BCUT2D eigenvalue weighted by molar-refractivity contribution is 0.415. The highest BCUT2D eigenvalue weighted by atomic mass is 32.2. The van der Waals surface area contributed by atoms with Crippen LogP contribution in [0.3, 0.4) is 0 Å². The second-order valence-electron chi connectivity index (χ2n) is 5.91. The summed E-state index contributed by atoms with van der Waals surface area (Å²) in [7, 11) is 1.71. The van der Waals surface area contributed by atoms with E-state index in [0.717, 1.165) is 24.2 Å². The van der Waals surface area contributed by atoms with Gasteiger partial charge in [-0.15, -0.1) is 0 Å². The molecule has 2 aliphatic rings. The van der Waals surface area contributed by atoms with Crippen molar-refractivity contribution in [3.8, 4) is 5.75 Å². The topological polar surface area (TPSA) is 39.1 Å². The number of thioether (sulfide) groups is 1. The van der Waals surface area contributed by atoms with Crippen LogP contribution >= 0.6 is 11.8 Å². The summed E-state index contributed by atoms with van der Waals surface area (Å²) in [5, 5.41) is 3.62. The number of fused-ring (bicyclic) bond motifs is 1. The van der Waals surface area contributed by atoms with E-state index in [4.69, 9.17) is 9.72 Å². The minimum atomic E-state index is 0.556. The van der Waals surface area contributed by atoms with Gasteiger partial charge in [-0.05, 0) is 25.0 Å². The molecule has 1 unspecified atom stereocenters. The van der Waals surface area contributed by atoms with E-state index in [1.54, 1.807) is 7.11 Å². The molecule has 0 amide bonds. The van der Waals surface area contributed by atoms with E-state index in [2.05, 4.69) is 22.0 Å². The number of imidazole rings is 1. The molecule has 4 rings (SSSR count). The summed E-state index contributed by atoms with van der Waals surface area (Å²) < 4.78 is 7.80. The zero-order valence-corrected chi connectivity index (χ0v) is 13.2. The summed E-state index contributed by atoms with van der Waals surface area (Å²) in [6, 6.07) is 7.48. The molecule has 1 aromatic heterocycles. The van der Waals surface area contributed by atoms with Crippen molar-refractivity contribution in [2.45, 2.75) is 31.3 Å². The number of ether oxygens (including phenoxy) is 1. The van der Waals surface area contributed by atoms with Crippen molar-refractivity contribution in [2.75, 3.05) is 25.2 Å². The van der Waals surface area contributed by atoms with E-state index >= 15 is 0 Å². The van der Waals surface area contributed by atoms with Gasteiger partial charge in [0.05, 0.1) is 18.1 Å². The van der Waals surface area contributed by atoms with E-state index in [0.29, 0.717) is 12.1 Å². The Labute approximate surface area is 129 Å². The Morgan fingerprint density at radius 2 is 2.33 bits per heavy atom. The van der Waals surface area contributed by atoms with Gasteiger partial charge in [0, 0.05) is 42.6 Å². The number of nitrogens with zero attached hydrogens (tertiary/aromatic N) is 2. The fourth-order valence-corrected chi connectivity index (χ4v) is 4.06. The number of hydrogen-bond donors (Lipinski definition) is 1. The first kappa shape index (κ1) is 13.5. The van der Waals surface area contributed by atoms with Gasteiger partial charge in [-0.2, -0.15) is 11.8 Å². The molecule has 1 saturated heterocycles. The number of benzene rings is 1. The van der Waals surface area contributed by atoms with E-state index in [1.807, 2.05) is 17.8 Å². The number of aromatic nitrogens is 2. The van der Waals surface area contributed by atoms with Gasteiger partial charge in [0.25, 0.3) is 0 Å². The van der Waals surface area contributed by atoms with Crippen LogP contribution in [0.5, 0.6) is 5.75 Å². The van der Waals surface area contributed by atoms with Crippen molar-refractivity contribution < 1.29 is 4.74 Å². The average Bonchev–Trinajstić information content (AvgIpc) is 3.29. The molecule has 1 saturated carbocycles. The summed E-state index contributed by atoms with van der Waals surface area (Å²) in [6.07, 6.45) is 3.61. The van der Waals surface area contributed by atoms with Crippen LogP contribution in [0.15, 0.2) is 18.2 Å². The molecule has 1 aliphatic heterocycles. The van der Waals surface area contributed by atoms with Crippen molar-refractivity contribution in [1.82, 2.24) is 14.9 Å². The van der Waals surface area contributed by atoms with Gasteiger partial charge < -0.3 is 14.6 Å². The molecule has 0 bridgehead atoms. The molecular formula is C16H21N3OS. The first-order valence-corrected chi connectivity index (χ1v) is 8.86. The van der Waals surface area contributed by atoms with Crippen LogP contribution in [0.2, 0.25) is 0 Å². The molecule has 1 aliphatic carbocycles. The van der Waals surface area contributed by atoms with Gasteiger partial charge >= 0.3 is 0 Å². The van der Waals surface area contributed by atoms with Crippen molar-refractivity contribution in [3.63, 3.8) is 0 Å².